The fraction of sp³-hybridized carbons (Fsp3) is 0.440. The molecule has 1 saturated heterocycles. The van der Waals surface area contributed by atoms with E-state index in [-0.39, 0.29) is 5.82 Å². The summed E-state index contributed by atoms with van der Waals surface area (Å²) in [5.74, 6) is 1.96. The smallest absolute Gasteiger partial charge is 0.158 e. The predicted molar refractivity (Wildman–Crippen MR) is 120 cm³/mol. The lowest BCUT2D eigenvalue weighted by molar-refractivity contribution is 0.0342. The van der Waals surface area contributed by atoms with Crippen molar-refractivity contribution in [1.82, 2.24) is 19.7 Å². The first-order valence-electron chi connectivity index (χ1n) is 11.1. The molecule has 6 heteroatoms. The molecule has 1 fully saturated rings. The van der Waals surface area contributed by atoms with E-state index in [9.17, 15) is 4.39 Å². The standard InChI is InChI=1S/C25H31FN4O/c1-19(2)10-11-30-25(27-24(28-30)17-21-4-3-5-23(26)16-21)22-8-6-20(7-9-22)18-29-12-14-31-15-13-29/h3-9,16,19H,10-15,17-18H2,1-2H3. The van der Waals surface area contributed by atoms with E-state index >= 15 is 0 Å². The van der Waals surface area contributed by atoms with E-state index in [2.05, 4.69) is 43.0 Å². The molecular weight excluding hydrogens is 391 g/mol. The summed E-state index contributed by atoms with van der Waals surface area (Å²) in [5.41, 5.74) is 3.24. The zero-order valence-corrected chi connectivity index (χ0v) is 18.4. The number of aryl methyl sites for hydroxylation is 1. The molecule has 4 rings (SSSR count). The lowest BCUT2D eigenvalue weighted by Gasteiger charge is -2.26. The number of halogens is 1. The fourth-order valence-electron chi connectivity index (χ4n) is 3.82. The Bertz CT molecular complexity index is 977. The van der Waals surface area contributed by atoms with Gasteiger partial charge in [0.15, 0.2) is 11.6 Å². The van der Waals surface area contributed by atoms with Crippen LogP contribution >= 0.6 is 0 Å². The molecule has 0 aliphatic carbocycles. The Hall–Kier alpha value is -2.57. The third kappa shape index (κ3) is 5.99. The van der Waals surface area contributed by atoms with Crippen molar-refractivity contribution in [3.05, 3.63) is 71.3 Å². The predicted octanol–water partition coefficient (Wildman–Crippen LogP) is 4.55. The number of hydrogen-bond acceptors (Lipinski definition) is 4. The highest BCUT2D eigenvalue weighted by Crippen LogP contribution is 2.21. The molecule has 1 aliphatic heterocycles. The van der Waals surface area contributed by atoms with Crippen molar-refractivity contribution in [2.45, 2.75) is 39.8 Å². The van der Waals surface area contributed by atoms with Crippen LogP contribution in [0.2, 0.25) is 0 Å². The van der Waals surface area contributed by atoms with E-state index in [0.717, 1.165) is 68.6 Å². The molecule has 0 N–H and O–H groups in total. The Morgan fingerprint density at radius 1 is 1.03 bits per heavy atom. The van der Waals surface area contributed by atoms with Crippen LogP contribution in [0, 0.1) is 11.7 Å². The van der Waals surface area contributed by atoms with Crippen LogP contribution in [0.4, 0.5) is 4.39 Å². The third-order valence-corrected chi connectivity index (χ3v) is 5.61. The Balaban J connectivity index is 1.54. The van der Waals surface area contributed by atoms with E-state index in [1.807, 2.05) is 10.7 Å². The minimum Gasteiger partial charge on any atom is -0.379 e. The van der Waals surface area contributed by atoms with Crippen LogP contribution in [-0.4, -0.2) is 46.0 Å². The van der Waals surface area contributed by atoms with Gasteiger partial charge in [0.05, 0.1) is 13.2 Å². The van der Waals surface area contributed by atoms with Crippen molar-refractivity contribution in [3.63, 3.8) is 0 Å². The topological polar surface area (TPSA) is 43.2 Å². The molecule has 3 aromatic rings. The van der Waals surface area contributed by atoms with Crippen molar-refractivity contribution in [1.29, 1.82) is 0 Å². The van der Waals surface area contributed by atoms with Crippen molar-refractivity contribution in [3.8, 4) is 11.4 Å². The van der Waals surface area contributed by atoms with Gasteiger partial charge in [-0.3, -0.25) is 4.90 Å². The van der Waals surface area contributed by atoms with Crippen molar-refractivity contribution >= 4 is 0 Å². The van der Waals surface area contributed by atoms with Crippen molar-refractivity contribution < 1.29 is 9.13 Å². The number of morpholine rings is 1. The van der Waals surface area contributed by atoms with Gasteiger partial charge in [-0.25, -0.2) is 14.1 Å². The summed E-state index contributed by atoms with van der Waals surface area (Å²) in [6, 6.07) is 15.3. The van der Waals surface area contributed by atoms with E-state index in [0.29, 0.717) is 12.3 Å². The van der Waals surface area contributed by atoms with Crippen LogP contribution in [0.3, 0.4) is 0 Å². The van der Waals surface area contributed by atoms with Gasteiger partial charge in [-0.05, 0) is 35.6 Å². The summed E-state index contributed by atoms with van der Waals surface area (Å²) in [4.78, 5) is 7.25. The number of hydrogen-bond donors (Lipinski definition) is 0. The molecular formula is C25H31FN4O. The van der Waals surface area contributed by atoms with Gasteiger partial charge in [-0.15, -0.1) is 0 Å². The first-order chi connectivity index (χ1) is 15.1. The maximum absolute atomic E-state index is 13.6. The quantitative estimate of drug-likeness (QED) is 0.534. The molecule has 2 heterocycles. The molecule has 0 saturated carbocycles. The minimum atomic E-state index is -0.229. The van der Waals surface area contributed by atoms with Crippen LogP contribution in [0.5, 0.6) is 0 Å². The molecule has 2 aromatic carbocycles. The van der Waals surface area contributed by atoms with Crippen LogP contribution in [-0.2, 0) is 24.2 Å². The SMILES string of the molecule is CC(C)CCn1nc(Cc2cccc(F)c2)nc1-c1ccc(CN2CCOCC2)cc1. The maximum atomic E-state index is 13.6. The van der Waals surface area contributed by atoms with Crippen molar-refractivity contribution in [2.24, 2.45) is 5.92 Å². The summed E-state index contributed by atoms with van der Waals surface area (Å²) in [6.45, 7) is 9.77. The van der Waals surface area contributed by atoms with Gasteiger partial charge in [0.2, 0.25) is 0 Å². The number of rotatable bonds is 8. The summed E-state index contributed by atoms with van der Waals surface area (Å²) >= 11 is 0. The summed E-state index contributed by atoms with van der Waals surface area (Å²) in [5, 5.41) is 4.76. The zero-order chi connectivity index (χ0) is 21.6. The second-order valence-corrected chi connectivity index (χ2v) is 8.65. The highest BCUT2D eigenvalue weighted by atomic mass is 19.1. The highest BCUT2D eigenvalue weighted by molar-refractivity contribution is 5.56. The first kappa shape index (κ1) is 21.7. The van der Waals surface area contributed by atoms with E-state index < -0.39 is 0 Å². The molecule has 164 valence electrons. The Kier molecular flexibility index (Phi) is 7.10. The van der Waals surface area contributed by atoms with Gasteiger partial charge >= 0.3 is 0 Å². The summed E-state index contributed by atoms with van der Waals surface area (Å²) in [7, 11) is 0. The molecule has 0 amide bonds. The first-order valence-corrected chi connectivity index (χ1v) is 11.1. The normalized spacial score (nSPS) is 15.0. The monoisotopic (exact) mass is 422 g/mol. The van der Waals surface area contributed by atoms with Gasteiger partial charge in [-0.2, -0.15) is 5.10 Å². The van der Waals surface area contributed by atoms with Gasteiger partial charge in [0.1, 0.15) is 5.82 Å². The van der Waals surface area contributed by atoms with Gasteiger partial charge in [-0.1, -0.05) is 50.2 Å². The lowest BCUT2D eigenvalue weighted by atomic mass is 10.1. The molecule has 0 bridgehead atoms. The van der Waals surface area contributed by atoms with Crippen molar-refractivity contribution in [2.75, 3.05) is 26.3 Å². The average molecular weight is 423 g/mol. The summed E-state index contributed by atoms with van der Waals surface area (Å²) < 4.78 is 21.0. The largest absolute Gasteiger partial charge is 0.379 e. The zero-order valence-electron chi connectivity index (χ0n) is 18.4. The molecule has 0 unspecified atom stereocenters. The Morgan fingerprint density at radius 2 is 1.81 bits per heavy atom. The summed E-state index contributed by atoms with van der Waals surface area (Å²) in [6.07, 6.45) is 1.55. The van der Waals surface area contributed by atoms with Crippen LogP contribution in [0.1, 0.15) is 37.2 Å². The molecule has 31 heavy (non-hydrogen) atoms. The Morgan fingerprint density at radius 3 is 2.52 bits per heavy atom. The average Bonchev–Trinajstić information content (AvgIpc) is 3.16. The molecule has 0 spiro atoms. The van der Waals surface area contributed by atoms with E-state index in [1.54, 1.807) is 12.1 Å². The molecule has 1 aromatic heterocycles. The second-order valence-electron chi connectivity index (χ2n) is 8.65. The number of benzene rings is 2. The van der Waals surface area contributed by atoms with Crippen LogP contribution in [0.15, 0.2) is 48.5 Å². The van der Waals surface area contributed by atoms with E-state index in [1.165, 1.54) is 11.6 Å². The molecule has 0 atom stereocenters. The second kappa shape index (κ2) is 10.2. The van der Waals surface area contributed by atoms with Gasteiger partial charge < -0.3 is 4.74 Å². The minimum absolute atomic E-state index is 0.229. The fourth-order valence-corrected chi connectivity index (χ4v) is 3.82. The highest BCUT2D eigenvalue weighted by Gasteiger charge is 2.15. The van der Waals surface area contributed by atoms with Gasteiger partial charge in [0.25, 0.3) is 0 Å². The van der Waals surface area contributed by atoms with Crippen LogP contribution in [0.25, 0.3) is 11.4 Å². The molecule has 0 radical (unpaired) electrons. The van der Waals surface area contributed by atoms with Crippen LogP contribution < -0.4 is 0 Å². The van der Waals surface area contributed by atoms with E-state index in [4.69, 9.17) is 14.8 Å². The Labute approximate surface area is 183 Å². The number of nitrogens with zero attached hydrogens (tertiary/aromatic N) is 4. The molecule has 1 aliphatic rings. The van der Waals surface area contributed by atoms with Gasteiger partial charge in [0, 0.05) is 38.2 Å². The lowest BCUT2D eigenvalue weighted by Crippen LogP contribution is -2.35. The number of aromatic nitrogens is 3. The maximum Gasteiger partial charge on any atom is 0.158 e. The molecule has 5 nitrogen and oxygen atoms in total. The third-order valence-electron chi connectivity index (χ3n) is 5.61. The number of ether oxygens (including phenoxy) is 1.